The largest absolute Gasteiger partial charge is 0.343 e. The van der Waals surface area contributed by atoms with Gasteiger partial charge < -0.3 is 14.4 Å². The van der Waals surface area contributed by atoms with Gasteiger partial charge in [0.25, 0.3) is 0 Å². The molecule has 0 unspecified atom stereocenters. The van der Waals surface area contributed by atoms with E-state index in [4.69, 9.17) is 0 Å². The number of hydrogen-bond acceptors (Lipinski definition) is 4. The Kier molecular flexibility index (Phi) is 5.14. The number of nitrogens with zero attached hydrogens (tertiary/aromatic N) is 5. The van der Waals surface area contributed by atoms with Crippen LogP contribution in [-0.2, 0) is 18.3 Å². The van der Waals surface area contributed by atoms with Gasteiger partial charge in [-0.3, -0.25) is 4.79 Å². The minimum absolute atomic E-state index is 0.245. The molecule has 0 spiro atoms. The molecular formula is C18H27N5O. The van der Waals surface area contributed by atoms with E-state index >= 15 is 0 Å². The van der Waals surface area contributed by atoms with E-state index in [0.717, 1.165) is 42.9 Å². The van der Waals surface area contributed by atoms with Crippen LogP contribution in [0.3, 0.4) is 0 Å². The molecule has 0 N–H and O–H groups in total. The first-order valence-electron chi connectivity index (χ1n) is 8.77. The molecule has 0 saturated carbocycles. The highest BCUT2D eigenvalue weighted by Crippen LogP contribution is 2.17. The number of fused-ring (bicyclic) bond motifs is 1. The van der Waals surface area contributed by atoms with Crippen molar-refractivity contribution < 1.29 is 4.79 Å². The topological polar surface area (TPSA) is 54.3 Å². The van der Waals surface area contributed by atoms with E-state index in [1.165, 1.54) is 6.42 Å². The third kappa shape index (κ3) is 3.59. The molecule has 130 valence electrons. The van der Waals surface area contributed by atoms with Gasteiger partial charge in [0.15, 0.2) is 5.65 Å². The lowest BCUT2D eigenvalue weighted by atomic mass is 10.1. The average molecular weight is 329 g/mol. The van der Waals surface area contributed by atoms with Crippen LogP contribution in [0.2, 0.25) is 0 Å². The lowest BCUT2D eigenvalue weighted by molar-refractivity contribution is -0.131. The van der Waals surface area contributed by atoms with Crippen LogP contribution >= 0.6 is 0 Å². The molecular weight excluding hydrogens is 302 g/mol. The summed E-state index contributed by atoms with van der Waals surface area (Å²) in [6, 6.07) is 4.45. The summed E-state index contributed by atoms with van der Waals surface area (Å²) in [5.41, 5.74) is 1.77. The van der Waals surface area contributed by atoms with Crippen molar-refractivity contribution in [1.29, 1.82) is 0 Å². The zero-order valence-corrected chi connectivity index (χ0v) is 14.9. The van der Waals surface area contributed by atoms with Crippen LogP contribution in [0.1, 0.15) is 31.5 Å². The Morgan fingerprint density at radius 2 is 2.17 bits per heavy atom. The minimum atomic E-state index is 0.245. The zero-order valence-electron chi connectivity index (χ0n) is 14.9. The third-order valence-corrected chi connectivity index (χ3v) is 5.06. The molecule has 24 heavy (non-hydrogen) atoms. The van der Waals surface area contributed by atoms with E-state index in [1.807, 2.05) is 28.6 Å². The van der Waals surface area contributed by atoms with E-state index in [0.29, 0.717) is 18.9 Å². The van der Waals surface area contributed by atoms with E-state index in [1.54, 1.807) is 6.20 Å². The minimum Gasteiger partial charge on any atom is -0.343 e. The summed E-state index contributed by atoms with van der Waals surface area (Å²) >= 11 is 0. The number of likely N-dealkylation sites (tertiary alicyclic amines) is 1. The Bertz CT molecular complexity index is 708. The van der Waals surface area contributed by atoms with Gasteiger partial charge in [-0.25, -0.2) is 9.97 Å². The second-order valence-corrected chi connectivity index (χ2v) is 6.86. The number of rotatable bonds is 4. The zero-order chi connectivity index (χ0) is 17.1. The Balaban J connectivity index is 1.59. The Hall–Kier alpha value is -1.95. The molecule has 2 aromatic rings. The summed E-state index contributed by atoms with van der Waals surface area (Å²) in [4.78, 5) is 25.9. The molecule has 1 saturated heterocycles. The molecule has 1 fully saturated rings. The van der Waals surface area contributed by atoms with Gasteiger partial charge in [-0.05, 0) is 45.5 Å². The quantitative estimate of drug-likeness (QED) is 0.859. The fourth-order valence-corrected chi connectivity index (χ4v) is 3.52. The van der Waals surface area contributed by atoms with Gasteiger partial charge in [0.2, 0.25) is 5.91 Å². The second kappa shape index (κ2) is 7.30. The number of carbonyl (C=O) groups excluding carboxylic acids is 1. The molecule has 0 bridgehead atoms. The fraction of sp³-hybridized carbons (Fsp3) is 0.611. The summed E-state index contributed by atoms with van der Waals surface area (Å²) in [6.07, 6.45) is 6.29. The number of aryl methyl sites for hydroxylation is 2. The predicted molar refractivity (Wildman–Crippen MR) is 94.7 cm³/mol. The van der Waals surface area contributed by atoms with Gasteiger partial charge in [0, 0.05) is 45.2 Å². The van der Waals surface area contributed by atoms with Crippen molar-refractivity contribution in [3.05, 3.63) is 24.2 Å². The van der Waals surface area contributed by atoms with Crippen LogP contribution in [-0.4, -0.2) is 63.5 Å². The Morgan fingerprint density at radius 1 is 1.33 bits per heavy atom. The molecule has 0 radical (unpaired) electrons. The maximum Gasteiger partial charge on any atom is 0.223 e. The molecule has 0 aromatic carbocycles. The highest BCUT2D eigenvalue weighted by molar-refractivity contribution is 5.77. The number of carbonyl (C=O) groups is 1. The first-order chi connectivity index (χ1) is 11.6. The lowest BCUT2D eigenvalue weighted by Gasteiger charge is -2.23. The number of pyridine rings is 1. The van der Waals surface area contributed by atoms with Crippen LogP contribution in [0.4, 0.5) is 0 Å². The third-order valence-electron chi connectivity index (χ3n) is 5.06. The van der Waals surface area contributed by atoms with E-state index < -0.39 is 0 Å². The maximum absolute atomic E-state index is 12.6. The van der Waals surface area contributed by atoms with Gasteiger partial charge >= 0.3 is 0 Å². The summed E-state index contributed by atoms with van der Waals surface area (Å²) in [6.45, 7) is 1.75. The van der Waals surface area contributed by atoms with Gasteiger partial charge in [-0.15, -0.1) is 0 Å². The SMILES string of the molecule is CN(C)[C@H]1CCCN(C(=O)CCc2nc3cccnc3n2C)CC1. The van der Waals surface area contributed by atoms with Crippen LogP contribution < -0.4 is 0 Å². The smallest absolute Gasteiger partial charge is 0.223 e. The lowest BCUT2D eigenvalue weighted by Crippen LogP contribution is -2.34. The average Bonchev–Trinajstić information content (AvgIpc) is 2.76. The van der Waals surface area contributed by atoms with Crippen LogP contribution in [0, 0.1) is 0 Å². The number of amides is 1. The standard InChI is InChI=1S/C18H27N5O/c1-21(2)14-6-5-12-23(13-10-14)17(24)9-8-16-20-15-7-4-11-19-18(15)22(16)3/h4,7,11,14H,5-6,8-10,12-13H2,1-3H3/t14-/m0/s1. The second-order valence-electron chi connectivity index (χ2n) is 6.86. The van der Waals surface area contributed by atoms with Crippen molar-refractivity contribution >= 4 is 17.1 Å². The molecule has 1 aliphatic heterocycles. The molecule has 6 heteroatoms. The summed E-state index contributed by atoms with van der Waals surface area (Å²) in [5.74, 6) is 1.17. The van der Waals surface area contributed by atoms with Gasteiger partial charge in [0.05, 0.1) is 0 Å². The molecule has 2 aromatic heterocycles. The Morgan fingerprint density at radius 3 is 2.92 bits per heavy atom. The molecule has 3 rings (SSSR count). The van der Waals surface area contributed by atoms with E-state index in [9.17, 15) is 4.79 Å². The molecule has 1 atom stereocenters. The van der Waals surface area contributed by atoms with Crippen LogP contribution in [0.15, 0.2) is 18.3 Å². The van der Waals surface area contributed by atoms with Gasteiger partial charge in [0.1, 0.15) is 11.3 Å². The van der Waals surface area contributed by atoms with E-state index in [-0.39, 0.29) is 5.91 Å². The first kappa shape index (κ1) is 16.9. The van der Waals surface area contributed by atoms with Crippen molar-refractivity contribution in [2.45, 2.75) is 38.1 Å². The highest BCUT2D eigenvalue weighted by atomic mass is 16.2. The van der Waals surface area contributed by atoms with Crippen molar-refractivity contribution in [2.75, 3.05) is 27.2 Å². The fourth-order valence-electron chi connectivity index (χ4n) is 3.52. The number of imidazole rings is 1. The van der Waals surface area contributed by atoms with Crippen LogP contribution in [0.5, 0.6) is 0 Å². The van der Waals surface area contributed by atoms with Crippen molar-refractivity contribution in [1.82, 2.24) is 24.3 Å². The first-order valence-corrected chi connectivity index (χ1v) is 8.77. The van der Waals surface area contributed by atoms with Crippen molar-refractivity contribution in [3.63, 3.8) is 0 Å². The highest BCUT2D eigenvalue weighted by Gasteiger charge is 2.22. The summed E-state index contributed by atoms with van der Waals surface area (Å²) in [7, 11) is 6.22. The molecule has 0 aliphatic carbocycles. The summed E-state index contributed by atoms with van der Waals surface area (Å²) in [5, 5.41) is 0. The molecule has 1 aliphatic rings. The molecule has 3 heterocycles. The van der Waals surface area contributed by atoms with Crippen LogP contribution in [0.25, 0.3) is 11.2 Å². The Labute approximate surface area is 143 Å². The normalized spacial score (nSPS) is 19.0. The van der Waals surface area contributed by atoms with Gasteiger partial charge in [-0.2, -0.15) is 0 Å². The molecule has 1 amide bonds. The predicted octanol–water partition coefficient (Wildman–Crippen LogP) is 1.84. The van der Waals surface area contributed by atoms with Gasteiger partial charge in [-0.1, -0.05) is 0 Å². The monoisotopic (exact) mass is 329 g/mol. The van der Waals surface area contributed by atoms with Crippen molar-refractivity contribution in [2.24, 2.45) is 7.05 Å². The molecule has 6 nitrogen and oxygen atoms in total. The number of hydrogen-bond donors (Lipinski definition) is 0. The number of aromatic nitrogens is 3. The van der Waals surface area contributed by atoms with Crippen molar-refractivity contribution in [3.8, 4) is 0 Å². The maximum atomic E-state index is 12.6. The summed E-state index contributed by atoms with van der Waals surface area (Å²) < 4.78 is 1.99. The van der Waals surface area contributed by atoms with E-state index in [2.05, 4.69) is 29.0 Å².